The highest BCUT2D eigenvalue weighted by Crippen LogP contribution is 2.44. The summed E-state index contributed by atoms with van der Waals surface area (Å²) in [5, 5.41) is 5.09. The van der Waals surface area contributed by atoms with Gasteiger partial charge < -0.3 is 0 Å². The molecule has 0 bridgehead atoms. The van der Waals surface area contributed by atoms with Gasteiger partial charge in [-0.2, -0.15) is 0 Å². The molecule has 46 heavy (non-hydrogen) atoms. The van der Waals surface area contributed by atoms with Crippen molar-refractivity contribution in [1.82, 2.24) is 9.55 Å². The molecule has 1 heterocycles. The van der Waals surface area contributed by atoms with Crippen LogP contribution in [0.4, 0.5) is 0 Å². The Morgan fingerprint density at radius 3 is 1.83 bits per heavy atom. The third-order valence-electron chi connectivity index (χ3n) is 9.52. The van der Waals surface area contributed by atoms with Crippen LogP contribution in [0.1, 0.15) is 18.1 Å². The predicted molar refractivity (Wildman–Crippen MR) is 194 cm³/mol. The SMILES string of the molecule is CC1C=Cc2cc(-c3c4ccccc4c(-c4ccc(-c5nc6ccccc6n5-c5ccccc5)cc4)c4ccccc34)ccc2C1. The Morgan fingerprint density at radius 2 is 1.13 bits per heavy atom. The second-order valence-corrected chi connectivity index (χ2v) is 12.5. The average molecular weight is 589 g/mol. The Balaban J connectivity index is 1.23. The second-order valence-electron chi connectivity index (χ2n) is 12.5. The zero-order valence-electron chi connectivity index (χ0n) is 25.7. The molecule has 2 nitrogen and oxygen atoms in total. The Labute approximate surface area is 268 Å². The zero-order valence-corrected chi connectivity index (χ0v) is 25.7. The molecular formula is C44H32N2. The molecule has 0 aliphatic heterocycles. The number of hydrogen-bond donors (Lipinski definition) is 0. The summed E-state index contributed by atoms with van der Waals surface area (Å²) in [6.45, 7) is 2.29. The maximum absolute atomic E-state index is 5.10. The number of aromatic nitrogens is 2. The van der Waals surface area contributed by atoms with E-state index in [2.05, 4.69) is 169 Å². The molecule has 1 aliphatic carbocycles. The van der Waals surface area contributed by atoms with Gasteiger partial charge in [-0.25, -0.2) is 4.98 Å². The summed E-state index contributed by atoms with van der Waals surface area (Å²) in [7, 11) is 0. The van der Waals surface area contributed by atoms with Crippen LogP contribution >= 0.6 is 0 Å². The maximum atomic E-state index is 5.10. The fraction of sp³-hybridized carbons (Fsp3) is 0.0682. The predicted octanol–water partition coefficient (Wildman–Crippen LogP) is 11.5. The molecule has 0 radical (unpaired) electrons. The smallest absolute Gasteiger partial charge is 0.145 e. The Morgan fingerprint density at radius 1 is 0.565 bits per heavy atom. The van der Waals surface area contributed by atoms with Gasteiger partial charge in [-0.3, -0.25) is 4.57 Å². The average Bonchev–Trinajstić information content (AvgIpc) is 3.50. The topological polar surface area (TPSA) is 17.8 Å². The number of rotatable bonds is 4. The highest BCUT2D eigenvalue weighted by atomic mass is 15.1. The first kappa shape index (κ1) is 26.7. The van der Waals surface area contributed by atoms with Crippen LogP contribution in [0, 0.1) is 5.92 Å². The van der Waals surface area contributed by atoms with E-state index < -0.39 is 0 Å². The summed E-state index contributed by atoms with van der Waals surface area (Å²) in [6, 6.07) is 52.7. The van der Waals surface area contributed by atoms with Crippen molar-refractivity contribution in [1.29, 1.82) is 0 Å². The minimum atomic E-state index is 0.586. The van der Waals surface area contributed by atoms with Crippen molar-refractivity contribution in [2.24, 2.45) is 5.92 Å². The summed E-state index contributed by atoms with van der Waals surface area (Å²) in [4.78, 5) is 5.10. The lowest BCUT2D eigenvalue weighted by Gasteiger charge is -2.20. The Kier molecular flexibility index (Phi) is 6.21. The molecule has 0 saturated carbocycles. The number of fused-ring (bicyclic) bond motifs is 4. The number of nitrogens with zero attached hydrogens (tertiary/aromatic N) is 2. The van der Waals surface area contributed by atoms with E-state index in [0.717, 1.165) is 34.5 Å². The molecule has 0 fully saturated rings. The molecule has 8 aromatic rings. The normalized spacial score (nSPS) is 14.2. The summed E-state index contributed by atoms with van der Waals surface area (Å²) in [5.74, 6) is 1.53. The molecule has 1 unspecified atom stereocenters. The van der Waals surface area contributed by atoms with Gasteiger partial charge in [-0.05, 0) is 97.6 Å². The summed E-state index contributed by atoms with van der Waals surface area (Å²) < 4.78 is 2.26. The molecule has 7 aromatic carbocycles. The van der Waals surface area contributed by atoms with Crippen molar-refractivity contribution in [2.75, 3.05) is 0 Å². The molecule has 9 rings (SSSR count). The fourth-order valence-corrected chi connectivity index (χ4v) is 7.37. The number of benzene rings is 7. The van der Waals surface area contributed by atoms with Gasteiger partial charge in [0.2, 0.25) is 0 Å². The van der Waals surface area contributed by atoms with Gasteiger partial charge in [-0.1, -0.05) is 134 Å². The quantitative estimate of drug-likeness (QED) is 0.187. The minimum absolute atomic E-state index is 0.586. The van der Waals surface area contributed by atoms with Crippen LogP contribution in [0.3, 0.4) is 0 Å². The molecular weight excluding hydrogens is 556 g/mol. The molecule has 0 N–H and O–H groups in total. The monoisotopic (exact) mass is 588 g/mol. The molecule has 0 amide bonds. The van der Waals surface area contributed by atoms with Crippen LogP contribution < -0.4 is 0 Å². The van der Waals surface area contributed by atoms with Crippen LogP contribution in [-0.2, 0) is 6.42 Å². The van der Waals surface area contributed by atoms with Crippen molar-refractivity contribution < 1.29 is 0 Å². The lowest BCUT2D eigenvalue weighted by molar-refractivity contribution is 0.717. The first-order valence-corrected chi connectivity index (χ1v) is 16.1. The van der Waals surface area contributed by atoms with Crippen LogP contribution in [0.5, 0.6) is 0 Å². The summed E-state index contributed by atoms with van der Waals surface area (Å²) in [5.41, 5.74) is 12.1. The lowest BCUT2D eigenvalue weighted by atomic mass is 9.84. The highest BCUT2D eigenvalue weighted by molar-refractivity contribution is 6.21. The Hall–Kier alpha value is -5.73. The number of hydrogen-bond acceptors (Lipinski definition) is 1. The number of allylic oxidation sites excluding steroid dienone is 1. The van der Waals surface area contributed by atoms with Crippen molar-refractivity contribution in [3.63, 3.8) is 0 Å². The third kappa shape index (κ3) is 4.29. The van der Waals surface area contributed by atoms with Crippen molar-refractivity contribution in [3.05, 3.63) is 163 Å². The molecule has 2 heteroatoms. The minimum Gasteiger partial charge on any atom is -0.292 e. The lowest BCUT2D eigenvalue weighted by Crippen LogP contribution is -2.03. The van der Waals surface area contributed by atoms with Crippen LogP contribution in [0.25, 0.3) is 78.0 Å². The van der Waals surface area contributed by atoms with Crippen molar-refractivity contribution in [3.8, 4) is 39.3 Å². The Bertz CT molecular complexity index is 2390. The van der Waals surface area contributed by atoms with E-state index in [1.807, 2.05) is 0 Å². The maximum Gasteiger partial charge on any atom is 0.145 e. The van der Waals surface area contributed by atoms with E-state index in [9.17, 15) is 0 Å². The molecule has 0 saturated heterocycles. The largest absolute Gasteiger partial charge is 0.292 e. The van der Waals surface area contributed by atoms with E-state index in [1.54, 1.807) is 0 Å². The third-order valence-corrected chi connectivity index (χ3v) is 9.52. The van der Waals surface area contributed by atoms with Gasteiger partial charge >= 0.3 is 0 Å². The van der Waals surface area contributed by atoms with E-state index in [1.165, 1.54) is 54.9 Å². The van der Waals surface area contributed by atoms with Gasteiger partial charge in [-0.15, -0.1) is 0 Å². The summed E-state index contributed by atoms with van der Waals surface area (Å²) in [6.07, 6.45) is 5.74. The summed E-state index contributed by atoms with van der Waals surface area (Å²) >= 11 is 0. The van der Waals surface area contributed by atoms with E-state index >= 15 is 0 Å². The zero-order chi connectivity index (χ0) is 30.6. The van der Waals surface area contributed by atoms with Crippen LogP contribution in [-0.4, -0.2) is 9.55 Å². The van der Waals surface area contributed by atoms with Crippen molar-refractivity contribution in [2.45, 2.75) is 13.3 Å². The standard InChI is InChI=1S/C44H32N2/c1-29-19-20-33-28-34(26-25-32(33)27-29)43-38-15-7-5-13-36(38)42(37-14-6-8-16-39(37)43)30-21-23-31(24-22-30)44-45-40-17-9-10-18-41(40)46(44)35-11-3-2-4-12-35/h2-26,28-29H,27H2,1H3. The van der Waals surface area contributed by atoms with Gasteiger partial charge in [0.05, 0.1) is 11.0 Å². The van der Waals surface area contributed by atoms with E-state index in [4.69, 9.17) is 4.98 Å². The first-order valence-electron chi connectivity index (χ1n) is 16.1. The molecule has 218 valence electrons. The van der Waals surface area contributed by atoms with Gasteiger partial charge in [0.1, 0.15) is 5.82 Å². The molecule has 1 aliphatic rings. The van der Waals surface area contributed by atoms with Gasteiger partial charge in [0.15, 0.2) is 0 Å². The molecule has 1 aromatic heterocycles. The number of para-hydroxylation sites is 3. The second kappa shape index (κ2) is 10.7. The van der Waals surface area contributed by atoms with Gasteiger partial charge in [0.25, 0.3) is 0 Å². The first-order chi connectivity index (χ1) is 22.7. The van der Waals surface area contributed by atoms with Crippen LogP contribution in [0.15, 0.2) is 152 Å². The molecule has 0 spiro atoms. The van der Waals surface area contributed by atoms with E-state index in [0.29, 0.717) is 5.92 Å². The fourth-order valence-electron chi connectivity index (χ4n) is 7.37. The van der Waals surface area contributed by atoms with Crippen LogP contribution in [0.2, 0.25) is 0 Å². The van der Waals surface area contributed by atoms with E-state index in [-0.39, 0.29) is 0 Å². The highest BCUT2D eigenvalue weighted by Gasteiger charge is 2.19. The van der Waals surface area contributed by atoms with Gasteiger partial charge in [0, 0.05) is 11.3 Å². The molecule has 1 atom stereocenters. The number of imidazole rings is 1. The van der Waals surface area contributed by atoms with Crippen molar-refractivity contribution >= 4 is 38.7 Å².